The summed E-state index contributed by atoms with van der Waals surface area (Å²) in [5, 5.41) is 3.54. The quantitative estimate of drug-likeness (QED) is 0.864. The molecular formula is C15H18BrNOS. The van der Waals surface area contributed by atoms with Crippen LogP contribution >= 0.6 is 27.3 Å². The maximum absolute atomic E-state index is 5.31. The van der Waals surface area contributed by atoms with Crippen LogP contribution in [0.3, 0.4) is 0 Å². The van der Waals surface area contributed by atoms with Crippen LogP contribution in [0.25, 0.3) is 0 Å². The minimum Gasteiger partial charge on any atom is -0.497 e. The van der Waals surface area contributed by atoms with E-state index in [4.69, 9.17) is 4.74 Å². The van der Waals surface area contributed by atoms with Gasteiger partial charge in [-0.25, -0.2) is 0 Å². The van der Waals surface area contributed by atoms with Crippen LogP contribution in [0.15, 0.2) is 34.8 Å². The fourth-order valence-corrected chi connectivity index (χ4v) is 3.70. The molecule has 0 aliphatic rings. The Hall–Kier alpha value is -0.840. The molecule has 1 unspecified atom stereocenters. The minimum absolute atomic E-state index is 0.218. The van der Waals surface area contributed by atoms with E-state index in [1.54, 1.807) is 7.11 Å². The van der Waals surface area contributed by atoms with Gasteiger partial charge in [0.05, 0.1) is 13.2 Å². The number of methoxy groups -OCH3 is 1. The van der Waals surface area contributed by atoms with Crippen molar-refractivity contribution < 1.29 is 4.74 Å². The molecule has 0 radical (unpaired) electrons. The Balaban J connectivity index is 2.38. The molecular weight excluding hydrogens is 322 g/mol. The Morgan fingerprint density at radius 2 is 2.16 bits per heavy atom. The number of benzene rings is 1. The molecule has 0 bridgehead atoms. The number of thiophene rings is 1. The fraction of sp³-hybridized carbons (Fsp3) is 0.333. The van der Waals surface area contributed by atoms with Crippen LogP contribution in [0.1, 0.15) is 28.3 Å². The highest BCUT2D eigenvalue weighted by molar-refractivity contribution is 9.10. The molecule has 0 amide bonds. The fourth-order valence-electron chi connectivity index (χ4n) is 2.03. The van der Waals surface area contributed by atoms with E-state index in [-0.39, 0.29) is 6.04 Å². The van der Waals surface area contributed by atoms with E-state index < -0.39 is 0 Å². The molecule has 0 saturated carbocycles. The molecule has 19 heavy (non-hydrogen) atoms. The van der Waals surface area contributed by atoms with E-state index >= 15 is 0 Å². The lowest BCUT2D eigenvalue weighted by atomic mass is 10.0. The second-order valence-electron chi connectivity index (χ2n) is 4.32. The Morgan fingerprint density at radius 3 is 2.74 bits per heavy atom. The van der Waals surface area contributed by atoms with Gasteiger partial charge >= 0.3 is 0 Å². The van der Waals surface area contributed by atoms with Gasteiger partial charge < -0.3 is 10.1 Å². The summed E-state index contributed by atoms with van der Waals surface area (Å²) in [6, 6.07) is 10.7. The van der Waals surface area contributed by atoms with E-state index in [1.807, 2.05) is 23.5 Å². The van der Waals surface area contributed by atoms with Crippen molar-refractivity contribution in [3.63, 3.8) is 0 Å². The van der Waals surface area contributed by atoms with Crippen LogP contribution in [0, 0.1) is 6.92 Å². The lowest BCUT2D eigenvalue weighted by Gasteiger charge is -2.17. The number of aryl methyl sites for hydroxylation is 1. The standard InChI is InChI=1S/C15H18BrNOS/c1-4-17-15(14-9-13(16)10(2)19-14)11-6-5-7-12(8-11)18-3/h5-9,15,17H,4H2,1-3H3. The molecule has 1 aromatic heterocycles. The van der Waals surface area contributed by atoms with Gasteiger partial charge in [0.25, 0.3) is 0 Å². The highest BCUT2D eigenvalue weighted by atomic mass is 79.9. The summed E-state index contributed by atoms with van der Waals surface area (Å²) in [4.78, 5) is 2.63. The van der Waals surface area contributed by atoms with E-state index in [0.29, 0.717) is 0 Å². The van der Waals surface area contributed by atoms with Crippen molar-refractivity contribution in [1.82, 2.24) is 5.32 Å². The summed E-state index contributed by atoms with van der Waals surface area (Å²) >= 11 is 5.41. The Kier molecular flexibility index (Phi) is 5.02. The van der Waals surface area contributed by atoms with Gasteiger partial charge in [-0.2, -0.15) is 0 Å². The number of hydrogen-bond donors (Lipinski definition) is 1. The van der Waals surface area contributed by atoms with Crippen molar-refractivity contribution in [2.24, 2.45) is 0 Å². The highest BCUT2D eigenvalue weighted by Crippen LogP contribution is 2.34. The van der Waals surface area contributed by atoms with Gasteiger partial charge in [0.15, 0.2) is 0 Å². The Labute approximate surface area is 126 Å². The Bertz CT molecular complexity index is 533. The molecule has 0 saturated heterocycles. The molecule has 0 aliphatic carbocycles. The second-order valence-corrected chi connectivity index (χ2v) is 6.46. The maximum Gasteiger partial charge on any atom is 0.119 e. The summed E-state index contributed by atoms with van der Waals surface area (Å²) < 4.78 is 6.49. The first kappa shape index (κ1) is 14.6. The third-order valence-corrected chi connectivity index (χ3v) is 5.20. The third kappa shape index (κ3) is 3.38. The maximum atomic E-state index is 5.31. The first-order valence-corrected chi connectivity index (χ1v) is 7.89. The molecule has 0 aliphatic heterocycles. The van der Waals surface area contributed by atoms with Gasteiger partial charge in [-0.05, 0) is 53.2 Å². The summed E-state index contributed by atoms with van der Waals surface area (Å²) in [5.41, 5.74) is 1.23. The molecule has 0 fully saturated rings. The molecule has 4 heteroatoms. The van der Waals surface area contributed by atoms with Crippen LogP contribution in [-0.2, 0) is 0 Å². The first-order valence-electron chi connectivity index (χ1n) is 6.29. The normalized spacial score (nSPS) is 12.4. The first-order chi connectivity index (χ1) is 9.15. The zero-order valence-electron chi connectivity index (χ0n) is 11.4. The van der Waals surface area contributed by atoms with Crippen LogP contribution in [0.5, 0.6) is 5.75 Å². The average Bonchev–Trinajstić information content (AvgIpc) is 2.75. The van der Waals surface area contributed by atoms with Crippen molar-refractivity contribution >= 4 is 27.3 Å². The molecule has 2 rings (SSSR count). The van der Waals surface area contributed by atoms with Crippen molar-refractivity contribution in [2.75, 3.05) is 13.7 Å². The van der Waals surface area contributed by atoms with Gasteiger partial charge in [0.1, 0.15) is 5.75 Å². The van der Waals surface area contributed by atoms with E-state index in [9.17, 15) is 0 Å². The van der Waals surface area contributed by atoms with E-state index in [2.05, 4.69) is 53.3 Å². The highest BCUT2D eigenvalue weighted by Gasteiger charge is 2.17. The lowest BCUT2D eigenvalue weighted by Crippen LogP contribution is -2.21. The lowest BCUT2D eigenvalue weighted by molar-refractivity contribution is 0.413. The number of ether oxygens (including phenoxy) is 1. The molecule has 102 valence electrons. The smallest absolute Gasteiger partial charge is 0.119 e. The van der Waals surface area contributed by atoms with Gasteiger partial charge in [-0.15, -0.1) is 11.3 Å². The number of nitrogens with one attached hydrogen (secondary N) is 1. The average molecular weight is 340 g/mol. The monoisotopic (exact) mass is 339 g/mol. The molecule has 2 aromatic rings. The predicted octanol–water partition coefficient (Wildman–Crippen LogP) is 4.53. The molecule has 2 nitrogen and oxygen atoms in total. The predicted molar refractivity (Wildman–Crippen MR) is 85.3 cm³/mol. The second kappa shape index (κ2) is 6.55. The molecule has 0 spiro atoms. The zero-order valence-corrected chi connectivity index (χ0v) is 13.8. The van der Waals surface area contributed by atoms with Crippen molar-refractivity contribution in [1.29, 1.82) is 0 Å². The van der Waals surface area contributed by atoms with Gasteiger partial charge in [0.2, 0.25) is 0 Å². The van der Waals surface area contributed by atoms with Gasteiger partial charge in [-0.3, -0.25) is 0 Å². The van der Waals surface area contributed by atoms with Crippen LogP contribution < -0.4 is 10.1 Å². The summed E-state index contributed by atoms with van der Waals surface area (Å²) in [7, 11) is 1.70. The van der Waals surface area contributed by atoms with Crippen molar-refractivity contribution in [2.45, 2.75) is 19.9 Å². The topological polar surface area (TPSA) is 21.3 Å². The molecule has 1 atom stereocenters. The molecule has 1 N–H and O–H groups in total. The minimum atomic E-state index is 0.218. The zero-order chi connectivity index (χ0) is 13.8. The van der Waals surface area contributed by atoms with Gasteiger partial charge in [-0.1, -0.05) is 19.1 Å². The van der Waals surface area contributed by atoms with E-state index in [1.165, 1.54) is 19.8 Å². The van der Waals surface area contributed by atoms with Crippen LogP contribution in [0.2, 0.25) is 0 Å². The SMILES string of the molecule is CCNC(c1cccc(OC)c1)c1cc(Br)c(C)s1. The van der Waals surface area contributed by atoms with E-state index in [0.717, 1.165) is 12.3 Å². The van der Waals surface area contributed by atoms with Gasteiger partial charge in [0, 0.05) is 14.2 Å². The van der Waals surface area contributed by atoms with Crippen molar-refractivity contribution in [3.05, 3.63) is 50.1 Å². The molecule has 1 heterocycles. The molecule has 1 aromatic carbocycles. The van der Waals surface area contributed by atoms with Crippen molar-refractivity contribution in [3.8, 4) is 5.75 Å². The van der Waals surface area contributed by atoms with Crippen LogP contribution in [0.4, 0.5) is 0 Å². The largest absolute Gasteiger partial charge is 0.497 e. The number of rotatable bonds is 5. The number of hydrogen-bond acceptors (Lipinski definition) is 3. The summed E-state index contributed by atoms with van der Waals surface area (Å²) in [5.74, 6) is 0.896. The summed E-state index contributed by atoms with van der Waals surface area (Å²) in [6.07, 6.45) is 0. The number of halogens is 1. The van der Waals surface area contributed by atoms with Crippen LogP contribution in [-0.4, -0.2) is 13.7 Å². The Morgan fingerprint density at radius 1 is 1.37 bits per heavy atom. The third-order valence-electron chi connectivity index (χ3n) is 3.00. The summed E-state index contributed by atoms with van der Waals surface area (Å²) in [6.45, 7) is 5.19.